The maximum Gasteiger partial charge on any atom is 0.0502 e. The number of aryl methyl sites for hydroxylation is 2. The van der Waals surface area contributed by atoms with Crippen molar-refractivity contribution in [1.82, 2.24) is 0 Å². The predicted octanol–water partition coefficient (Wildman–Crippen LogP) is 2.34. The third kappa shape index (κ3) is 3.20. The molecule has 0 bridgehead atoms. The largest absolute Gasteiger partial charge is 0.755 e. The van der Waals surface area contributed by atoms with Gasteiger partial charge >= 0.3 is 0 Å². The molecule has 2 N–H and O–H groups in total. The van der Waals surface area contributed by atoms with Crippen molar-refractivity contribution in [3.8, 4) is 0 Å². The summed E-state index contributed by atoms with van der Waals surface area (Å²) in [6.07, 6.45) is 4.68. The SMILES string of the molecule is Cc1cc2c(cc1NS(=O)[O-])NCCCCC2. The minimum absolute atomic E-state index is 0.658. The first-order valence-electron chi connectivity index (χ1n) is 5.90. The third-order valence-corrected chi connectivity index (χ3v) is 3.47. The topological polar surface area (TPSA) is 64.2 Å². The summed E-state index contributed by atoms with van der Waals surface area (Å²) in [5.74, 6) is 0. The van der Waals surface area contributed by atoms with E-state index in [1.54, 1.807) is 0 Å². The number of nitrogens with one attached hydrogen (secondary N) is 2. The molecule has 1 aliphatic rings. The Hall–Kier alpha value is -1.07. The Kier molecular flexibility index (Phi) is 4.02. The summed E-state index contributed by atoms with van der Waals surface area (Å²) in [5.41, 5.74) is 3.97. The normalized spacial score (nSPS) is 17.3. The molecule has 0 aliphatic carbocycles. The van der Waals surface area contributed by atoms with Gasteiger partial charge in [0.15, 0.2) is 0 Å². The molecule has 94 valence electrons. The van der Waals surface area contributed by atoms with Crippen molar-refractivity contribution in [2.75, 3.05) is 16.6 Å². The fourth-order valence-corrected chi connectivity index (χ4v) is 2.58. The first-order chi connectivity index (χ1) is 8.16. The van der Waals surface area contributed by atoms with Crippen LogP contribution in [0.1, 0.15) is 30.4 Å². The average molecular weight is 253 g/mol. The van der Waals surface area contributed by atoms with Crippen molar-refractivity contribution in [2.24, 2.45) is 0 Å². The summed E-state index contributed by atoms with van der Waals surface area (Å²) >= 11 is -2.26. The molecule has 0 saturated heterocycles. The minimum atomic E-state index is -2.26. The van der Waals surface area contributed by atoms with Crippen LogP contribution in [0.5, 0.6) is 0 Å². The quantitative estimate of drug-likeness (QED) is 0.795. The van der Waals surface area contributed by atoms with E-state index in [1.807, 2.05) is 13.0 Å². The van der Waals surface area contributed by atoms with Gasteiger partial charge in [-0.25, -0.2) is 0 Å². The first kappa shape index (κ1) is 12.4. The zero-order valence-electron chi connectivity index (χ0n) is 9.91. The molecular formula is C12H17N2O2S-. The maximum atomic E-state index is 10.7. The highest BCUT2D eigenvalue weighted by Crippen LogP contribution is 2.28. The molecule has 1 unspecified atom stereocenters. The Morgan fingerprint density at radius 2 is 2.18 bits per heavy atom. The Labute approximate surface area is 104 Å². The molecule has 1 aliphatic heterocycles. The van der Waals surface area contributed by atoms with Crippen LogP contribution < -0.4 is 10.0 Å². The van der Waals surface area contributed by atoms with Gasteiger partial charge in [-0.3, -0.25) is 4.21 Å². The van der Waals surface area contributed by atoms with Gasteiger partial charge in [0.05, 0.1) is 5.69 Å². The fourth-order valence-electron chi connectivity index (χ4n) is 2.18. The maximum absolute atomic E-state index is 10.7. The fraction of sp³-hybridized carbons (Fsp3) is 0.500. The second-order valence-electron chi connectivity index (χ2n) is 4.40. The Balaban J connectivity index is 2.31. The number of benzene rings is 1. The molecular weight excluding hydrogens is 236 g/mol. The summed E-state index contributed by atoms with van der Waals surface area (Å²) in [5, 5.41) is 3.36. The summed E-state index contributed by atoms with van der Waals surface area (Å²) in [7, 11) is 0. The van der Waals surface area contributed by atoms with Gasteiger partial charge in [0.2, 0.25) is 0 Å². The highest BCUT2D eigenvalue weighted by atomic mass is 32.2. The van der Waals surface area contributed by atoms with E-state index in [2.05, 4.69) is 16.1 Å². The van der Waals surface area contributed by atoms with Crippen LogP contribution in [0.2, 0.25) is 0 Å². The summed E-state index contributed by atoms with van der Waals surface area (Å²) in [6, 6.07) is 3.97. The zero-order chi connectivity index (χ0) is 12.3. The standard InChI is InChI=1S/C12H18N2O2S/c1-9-7-10-5-3-2-4-6-13-12(10)8-11(9)14-17(15)16/h7-8,13-14H,2-6H2,1H3,(H,15,16)/p-1. The molecule has 0 amide bonds. The van der Waals surface area contributed by atoms with Crippen LogP contribution in [0.15, 0.2) is 12.1 Å². The van der Waals surface area contributed by atoms with E-state index < -0.39 is 11.3 Å². The summed E-state index contributed by atoms with van der Waals surface area (Å²) < 4.78 is 23.8. The molecule has 4 nitrogen and oxygen atoms in total. The Morgan fingerprint density at radius 1 is 1.35 bits per heavy atom. The van der Waals surface area contributed by atoms with Gasteiger partial charge in [-0.05, 0) is 43.4 Å². The minimum Gasteiger partial charge on any atom is -0.755 e. The molecule has 1 aromatic rings. The molecule has 1 atom stereocenters. The van der Waals surface area contributed by atoms with Crippen molar-refractivity contribution in [3.63, 3.8) is 0 Å². The van der Waals surface area contributed by atoms with Crippen molar-refractivity contribution in [1.29, 1.82) is 0 Å². The van der Waals surface area contributed by atoms with E-state index in [1.165, 1.54) is 24.8 Å². The molecule has 5 heteroatoms. The van der Waals surface area contributed by atoms with Crippen molar-refractivity contribution >= 4 is 22.6 Å². The molecule has 2 rings (SSSR count). The lowest BCUT2D eigenvalue weighted by Crippen LogP contribution is -2.10. The molecule has 0 spiro atoms. The molecule has 1 aromatic carbocycles. The average Bonchev–Trinajstić information content (AvgIpc) is 2.23. The van der Waals surface area contributed by atoms with Crippen LogP contribution in [0.3, 0.4) is 0 Å². The van der Waals surface area contributed by atoms with Gasteiger partial charge in [0.1, 0.15) is 0 Å². The van der Waals surface area contributed by atoms with E-state index in [0.29, 0.717) is 5.69 Å². The highest BCUT2D eigenvalue weighted by Gasteiger charge is 2.09. The number of hydrogen-bond donors (Lipinski definition) is 2. The van der Waals surface area contributed by atoms with Gasteiger partial charge < -0.3 is 14.6 Å². The van der Waals surface area contributed by atoms with Crippen LogP contribution in [-0.4, -0.2) is 15.3 Å². The number of rotatable bonds is 2. The Morgan fingerprint density at radius 3 is 2.94 bits per heavy atom. The smallest absolute Gasteiger partial charge is 0.0502 e. The van der Waals surface area contributed by atoms with E-state index in [-0.39, 0.29) is 0 Å². The van der Waals surface area contributed by atoms with Gasteiger partial charge in [0.25, 0.3) is 0 Å². The third-order valence-electron chi connectivity index (χ3n) is 3.08. The lowest BCUT2D eigenvalue weighted by atomic mass is 10.00. The Bertz CT molecular complexity index is 435. The number of anilines is 2. The van der Waals surface area contributed by atoms with Gasteiger partial charge in [-0.2, -0.15) is 0 Å². The molecule has 0 aromatic heterocycles. The second kappa shape index (κ2) is 5.51. The molecule has 1 heterocycles. The van der Waals surface area contributed by atoms with E-state index in [0.717, 1.165) is 24.2 Å². The zero-order valence-corrected chi connectivity index (χ0v) is 10.7. The monoisotopic (exact) mass is 253 g/mol. The van der Waals surface area contributed by atoms with E-state index in [4.69, 9.17) is 0 Å². The molecule has 17 heavy (non-hydrogen) atoms. The number of hydrogen-bond acceptors (Lipinski definition) is 3. The van der Waals surface area contributed by atoms with Crippen LogP contribution >= 0.6 is 0 Å². The second-order valence-corrected chi connectivity index (χ2v) is 5.07. The van der Waals surface area contributed by atoms with Gasteiger partial charge in [-0.1, -0.05) is 12.5 Å². The summed E-state index contributed by atoms with van der Waals surface area (Å²) in [4.78, 5) is 0. The summed E-state index contributed by atoms with van der Waals surface area (Å²) in [6.45, 7) is 2.88. The van der Waals surface area contributed by atoms with Crippen molar-refractivity contribution in [3.05, 3.63) is 23.3 Å². The van der Waals surface area contributed by atoms with Crippen LogP contribution in [0.25, 0.3) is 0 Å². The molecule has 0 fully saturated rings. The molecule has 0 saturated carbocycles. The van der Waals surface area contributed by atoms with Crippen LogP contribution in [0, 0.1) is 6.92 Å². The highest BCUT2D eigenvalue weighted by molar-refractivity contribution is 7.80. The predicted molar refractivity (Wildman–Crippen MR) is 69.8 cm³/mol. The number of fused-ring (bicyclic) bond motifs is 1. The van der Waals surface area contributed by atoms with Crippen LogP contribution in [-0.2, 0) is 17.7 Å². The molecule has 0 radical (unpaired) electrons. The van der Waals surface area contributed by atoms with Gasteiger partial charge in [0, 0.05) is 23.5 Å². The van der Waals surface area contributed by atoms with Crippen molar-refractivity contribution < 1.29 is 8.76 Å². The lowest BCUT2D eigenvalue weighted by Gasteiger charge is -2.19. The van der Waals surface area contributed by atoms with E-state index >= 15 is 0 Å². The van der Waals surface area contributed by atoms with Gasteiger partial charge in [-0.15, -0.1) is 0 Å². The lowest BCUT2D eigenvalue weighted by molar-refractivity contribution is 0.542. The van der Waals surface area contributed by atoms with Crippen molar-refractivity contribution in [2.45, 2.75) is 32.6 Å². The van der Waals surface area contributed by atoms with Crippen LogP contribution in [0.4, 0.5) is 11.4 Å². The van der Waals surface area contributed by atoms with E-state index in [9.17, 15) is 8.76 Å². The first-order valence-corrected chi connectivity index (χ1v) is 6.97.